The molecule has 0 spiro atoms. The van der Waals surface area contributed by atoms with Crippen molar-refractivity contribution in [1.29, 1.82) is 0 Å². The molecule has 0 saturated heterocycles. The predicted octanol–water partition coefficient (Wildman–Crippen LogP) is 3.38. The van der Waals surface area contributed by atoms with Crippen LogP contribution >= 0.6 is 15.9 Å². The van der Waals surface area contributed by atoms with Gasteiger partial charge in [0.15, 0.2) is 6.61 Å². The third-order valence-corrected chi connectivity index (χ3v) is 3.27. The summed E-state index contributed by atoms with van der Waals surface area (Å²) in [6.45, 7) is 2.37. The molecule has 0 radical (unpaired) electrons. The van der Waals surface area contributed by atoms with Crippen LogP contribution in [0, 0.1) is 0 Å². The largest absolute Gasteiger partial charge is 0.493 e. The minimum absolute atomic E-state index is 0.110. The van der Waals surface area contributed by atoms with E-state index in [0.29, 0.717) is 12.4 Å². The van der Waals surface area contributed by atoms with Gasteiger partial charge in [-0.15, -0.1) is 0 Å². The Hall–Kier alpha value is -2.34. The molecule has 0 saturated carbocycles. The average Bonchev–Trinajstić information content (AvgIpc) is 2.55. The Labute approximate surface area is 143 Å². The highest BCUT2D eigenvalue weighted by Crippen LogP contribution is 2.17. The molecule has 0 aromatic heterocycles. The number of para-hydroxylation sites is 1. The lowest BCUT2D eigenvalue weighted by Crippen LogP contribution is -2.24. The number of hydrogen-bond acceptors (Lipinski definition) is 4. The number of rotatable bonds is 7. The second-order valence-electron chi connectivity index (χ2n) is 4.51. The Bertz CT molecular complexity index is 689. The van der Waals surface area contributed by atoms with Gasteiger partial charge in [0.05, 0.1) is 12.8 Å². The Kier molecular flexibility index (Phi) is 6.62. The topological polar surface area (TPSA) is 59.9 Å². The molecule has 5 nitrogen and oxygen atoms in total. The Morgan fingerprint density at radius 3 is 2.83 bits per heavy atom. The van der Waals surface area contributed by atoms with Gasteiger partial charge in [-0.25, -0.2) is 5.43 Å². The fourth-order valence-corrected chi connectivity index (χ4v) is 2.16. The van der Waals surface area contributed by atoms with Crippen LogP contribution in [0.2, 0.25) is 0 Å². The molecule has 2 aromatic rings. The SMILES string of the molecule is CCOc1ccccc1/C=N\NC(=O)COc1cccc(Br)c1. The Balaban J connectivity index is 1.84. The van der Waals surface area contributed by atoms with Crippen molar-refractivity contribution in [3.05, 3.63) is 58.6 Å². The van der Waals surface area contributed by atoms with Crippen molar-refractivity contribution in [2.24, 2.45) is 5.10 Å². The van der Waals surface area contributed by atoms with Gasteiger partial charge in [-0.2, -0.15) is 5.10 Å². The monoisotopic (exact) mass is 376 g/mol. The number of halogens is 1. The molecule has 0 fully saturated rings. The Morgan fingerprint density at radius 1 is 1.22 bits per heavy atom. The Morgan fingerprint density at radius 2 is 2.04 bits per heavy atom. The van der Waals surface area contributed by atoms with E-state index in [0.717, 1.165) is 15.8 Å². The van der Waals surface area contributed by atoms with Crippen LogP contribution in [0.4, 0.5) is 0 Å². The molecule has 0 aliphatic rings. The van der Waals surface area contributed by atoms with E-state index in [1.807, 2.05) is 43.3 Å². The molecule has 2 aromatic carbocycles. The van der Waals surface area contributed by atoms with Gasteiger partial charge in [0.2, 0.25) is 0 Å². The summed E-state index contributed by atoms with van der Waals surface area (Å²) in [5.41, 5.74) is 3.22. The van der Waals surface area contributed by atoms with Crippen LogP contribution in [0.15, 0.2) is 58.1 Å². The van der Waals surface area contributed by atoms with Gasteiger partial charge in [-0.1, -0.05) is 34.1 Å². The minimum Gasteiger partial charge on any atom is -0.493 e. The van der Waals surface area contributed by atoms with E-state index in [1.54, 1.807) is 18.3 Å². The summed E-state index contributed by atoms with van der Waals surface area (Å²) in [6.07, 6.45) is 1.54. The highest BCUT2D eigenvalue weighted by molar-refractivity contribution is 9.10. The molecule has 0 aliphatic carbocycles. The lowest BCUT2D eigenvalue weighted by molar-refractivity contribution is -0.123. The number of amides is 1. The maximum atomic E-state index is 11.7. The van der Waals surface area contributed by atoms with Gasteiger partial charge in [-0.3, -0.25) is 4.79 Å². The van der Waals surface area contributed by atoms with E-state index < -0.39 is 0 Å². The zero-order valence-corrected chi connectivity index (χ0v) is 14.2. The molecule has 0 heterocycles. The van der Waals surface area contributed by atoms with Crippen LogP contribution in [0.1, 0.15) is 12.5 Å². The number of hydrogen-bond donors (Lipinski definition) is 1. The molecule has 0 unspecified atom stereocenters. The van der Waals surface area contributed by atoms with Crippen molar-refractivity contribution >= 4 is 28.1 Å². The molecule has 23 heavy (non-hydrogen) atoms. The lowest BCUT2D eigenvalue weighted by Gasteiger charge is -2.06. The maximum absolute atomic E-state index is 11.7. The van der Waals surface area contributed by atoms with Crippen LogP contribution in [-0.2, 0) is 4.79 Å². The standard InChI is InChI=1S/C17H17BrN2O3/c1-2-22-16-9-4-3-6-13(16)11-19-20-17(21)12-23-15-8-5-7-14(18)10-15/h3-11H,2,12H2,1H3,(H,20,21)/b19-11-. The van der Waals surface area contributed by atoms with E-state index in [9.17, 15) is 4.79 Å². The van der Waals surface area contributed by atoms with Crippen molar-refractivity contribution in [3.8, 4) is 11.5 Å². The van der Waals surface area contributed by atoms with Crippen LogP contribution < -0.4 is 14.9 Å². The molecule has 0 aliphatic heterocycles. The van der Waals surface area contributed by atoms with Gasteiger partial charge in [-0.05, 0) is 37.3 Å². The zero-order chi connectivity index (χ0) is 16.5. The van der Waals surface area contributed by atoms with E-state index >= 15 is 0 Å². The molecule has 0 atom stereocenters. The lowest BCUT2D eigenvalue weighted by atomic mass is 10.2. The van der Waals surface area contributed by atoms with E-state index in [1.165, 1.54) is 0 Å². The summed E-state index contributed by atoms with van der Waals surface area (Å²) in [7, 11) is 0. The van der Waals surface area contributed by atoms with Crippen molar-refractivity contribution in [2.45, 2.75) is 6.92 Å². The highest BCUT2D eigenvalue weighted by Gasteiger charge is 2.03. The zero-order valence-electron chi connectivity index (χ0n) is 12.7. The number of hydrazone groups is 1. The third kappa shape index (κ3) is 5.75. The van der Waals surface area contributed by atoms with Crippen molar-refractivity contribution in [1.82, 2.24) is 5.43 Å². The quantitative estimate of drug-likeness (QED) is 0.595. The van der Waals surface area contributed by atoms with Gasteiger partial charge in [0.1, 0.15) is 11.5 Å². The number of carbonyl (C=O) groups excluding carboxylic acids is 1. The predicted molar refractivity (Wildman–Crippen MR) is 93.0 cm³/mol. The first-order valence-corrected chi connectivity index (χ1v) is 7.90. The fourth-order valence-electron chi connectivity index (χ4n) is 1.79. The second kappa shape index (κ2) is 8.95. The molecule has 6 heteroatoms. The summed E-state index contributed by atoms with van der Waals surface area (Å²) in [4.78, 5) is 11.7. The summed E-state index contributed by atoms with van der Waals surface area (Å²) < 4.78 is 11.7. The summed E-state index contributed by atoms with van der Waals surface area (Å²) in [5, 5.41) is 3.92. The smallest absolute Gasteiger partial charge is 0.277 e. The van der Waals surface area contributed by atoms with Gasteiger partial charge >= 0.3 is 0 Å². The maximum Gasteiger partial charge on any atom is 0.277 e. The normalized spacial score (nSPS) is 10.5. The van der Waals surface area contributed by atoms with Crippen LogP contribution in [0.3, 0.4) is 0 Å². The first kappa shape index (κ1) is 17.0. The van der Waals surface area contributed by atoms with Crippen molar-refractivity contribution < 1.29 is 14.3 Å². The fraction of sp³-hybridized carbons (Fsp3) is 0.176. The van der Waals surface area contributed by atoms with Gasteiger partial charge in [0, 0.05) is 10.0 Å². The summed E-state index contributed by atoms with van der Waals surface area (Å²) >= 11 is 3.34. The number of ether oxygens (including phenoxy) is 2. The molecule has 1 N–H and O–H groups in total. The van der Waals surface area contributed by atoms with Crippen molar-refractivity contribution in [3.63, 3.8) is 0 Å². The molecule has 1 amide bonds. The first-order chi connectivity index (χ1) is 11.2. The number of nitrogens with one attached hydrogen (secondary N) is 1. The number of benzene rings is 2. The molecular formula is C17H17BrN2O3. The van der Waals surface area contributed by atoms with E-state index in [2.05, 4.69) is 26.5 Å². The molecular weight excluding hydrogens is 360 g/mol. The highest BCUT2D eigenvalue weighted by atomic mass is 79.9. The molecule has 2 rings (SSSR count). The van der Waals surface area contributed by atoms with Crippen LogP contribution in [0.25, 0.3) is 0 Å². The van der Waals surface area contributed by atoms with Crippen LogP contribution in [-0.4, -0.2) is 25.3 Å². The van der Waals surface area contributed by atoms with E-state index in [4.69, 9.17) is 9.47 Å². The third-order valence-electron chi connectivity index (χ3n) is 2.78. The van der Waals surface area contributed by atoms with Gasteiger partial charge in [0.25, 0.3) is 5.91 Å². The number of carbonyl (C=O) groups is 1. The van der Waals surface area contributed by atoms with Crippen molar-refractivity contribution in [2.75, 3.05) is 13.2 Å². The average molecular weight is 377 g/mol. The van der Waals surface area contributed by atoms with Crippen LogP contribution in [0.5, 0.6) is 11.5 Å². The van der Waals surface area contributed by atoms with Gasteiger partial charge < -0.3 is 9.47 Å². The minimum atomic E-state index is -0.338. The first-order valence-electron chi connectivity index (χ1n) is 7.11. The molecule has 0 bridgehead atoms. The molecule has 120 valence electrons. The second-order valence-corrected chi connectivity index (χ2v) is 5.43. The number of nitrogens with zero attached hydrogens (tertiary/aromatic N) is 1. The van der Waals surface area contributed by atoms with E-state index in [-0.39, 0.29) is 12.5 Å². The summed E-state index contributed by atoms with van der Waals surface area (Å²) in [5.74, 6) is 0.994. The summed E-state index contributed by atoms with van der Waals surface area (Å²) in [6, 6.07) is 14.7.